The second-order valence-electron chi connectivity index (χ2n) is 6.68. The molecule has 2 aromatic carbocycles. The van der Waals surface area contributed by atoms with Gasteiger partial charge < -0.3 is 18.9 Å². The van der Waals surface area contributed by atoms with Gasteiger partial charge in [0.25, 0.3) is 0 Å². The van der Waals surface area contributed by atoms with Gasteiger partial charge in [0.05, 0.1) is 32.5 Å². The van der Waals surface area contributed by atoms with Crippen LogP contribution in [0.2, 0.25) is 0 Å². The molecule has 0 spiro atoms. The molecule has 4 rings (SSSR count). The molecule has 0 N–H and O–H groups in total. The molecule has 0 aliphatic carbocycles. The zero-order chi connectivity index (χ0) is 20.8. The fourth-order valence-electron chi connectivity index (χ4n) is 4.24. The highest BCUT2D eigenvalue weighted by atomic mass is 16.5. The van der Waals surface area contributed by atoms with Crippen molar-refractivity contribution >= 4 is 0 Å². The molecule has 0 radical (unpaired) electrons. The molecule has 5 heteroatoms. The van der Waals surface area contributed by atoms with Crippen LogP contribution in [-0.4, -0.2) is 39.8 Å². The van der Waals surface area contributed by atoms with E-state index in [2.05, 4.69) is 17.0 Å². The second kappa shape index (κ2) is 6.72. The number of ether oxygens (including phenoxy) is 4. The van der Waals surface area contributed by atoms with Gasteiger partial charge in [0, 0.05) is 24.7 Å². The molecular weight excluding hydrogens is 330 g/mol. The standard InChI is InChI=1S/C21H25NO4/c1-23-18-6-5-13-9-17-15-11-20(25-3)19(24-2)10-14(15)7-8-22(17)12-16(13)21(18)26-4/h5-6,10-11,17H,7-9,12H2,1-4H3/i1D3. The Hall–Kier alpha value is -2.40. The molecule has 5 nitrogen and oxygen atoms in total. The van der Waals surface area contributed by atoms with Gasteiger partial charge in [-0.25, -0.2) is 0 Å². The van der Waals surface area contributed by atoms with Gasteiger partial charge in [-0.2, -0.15) is 0 Å². The van der Waals surface area contributed by atoms with Crippen LogP contribution in [0, 0.1) is 0 Å². The van der Waals surface area contributed by atoms with Crippen LogP contribution in [0.3, 0.4) is 0 Å². The number of methoxy groups -OCH3 is 4. The summed E-state index contributed by atoms with van der Waals surface area (Å²) in [6.07, 6.45) is 1.72. The molecule has 0 fully saturated rings. The molecule has 0 saturated heterocycles. The van der Waals surface area contributed by atoms with Crippen LogP contribution in [0.25, 0.3) is 0 Å². The third-order valence-electron chi connectivity index (χ3n) is 5.52. The lowest BCUT2D eigenvalue weighted by Crippen LogP contribution is -2.39. The molecule has 0 amide bonds. The predicted octanol–water partition coefficient (Wildman–Crippen LogP) is 3.38. The molecule has 1 atom stereocenters. The Bertz CT molecular complexity index is 929. The van der Waals surface area contributed by atoms with Crippen LogP contribution in [0.5, 0.6) is 23.0 Å². The van der Waals surface area contributed by atoms with Gasteiger partial charge in [-0.1, -0.05) is 6.07 Å². The van der Waals surface area contributed by atoms with Crippen LogP contribution in [0.1, 0.15) is 32.4 Å². The molecule has 0 bridgehead atoms. The Labute approximate surface area is 158 Å². The third kappa shape index (κ3) is 2.58. The van der Waals surface area contributed by atoms with Crippen LogP contribution < -0.4 is 18.9 Å². The van der Waals surface area contributed by atoms with Gasteiger partial charge in [0.15, 0.2) is 23.0 Å². The zero-order valence-electron chi connectivity index (χ0n) is 18.3. The van der Waals surface area contributed by atoms with Gasteiger partial charge >= 0.3 is 0 Å². The summed E-state index contributed by atoms with van der Waals surface area (Å²) in [5.41, 5.74) is 4.67. The first kappa shape index (κ1) is 13.8. The van der Waals surface area contributed by atoms with Gasteiger partial charge in [0.2, 0.25) is 0 Å². The van der Waals surface area contributed by atoms with Crippen LogP contribution in [-0.2, 0) is 19.4 Å². The molecule has 0 saturated carbocycles. The van der Waals surface area contributed by atoms with Crippen molar-refractivity contribution in [2.24, 2.45) is 0 Å². The summed E-state index contributed by atoms with van der Waals surface area (Å²) in [6, 6.07) is 8.03. The summed E-state index contributed by atoms with van der Waals surface area (Å²) in [5.74, 6) is 2.26. The van der Waals surface area contributed by atoms with E-state index in [-0.39, 0.29) is 11.8 Å². The Kier molecular flexibility index (Phi) is 3.56. The number of benzene rings is 2. The van der Waals surface area contributed by atoms with Gasteiger partial charge in [0.1, 0.15) is 0 Å². The summed E-state index contributed by atoms with van der Waals surface area (Å²) >= 11 is 0. The minimum atomic E-state index is -2.52. The molecule has 2 aliphatic rings. The average molecular weight is 358 g/mol. The third-order valence-corrected chi connectivity index (χ3v) is 5.52. The van der Waals surface area contributed by atoms with E-state index in [1.165, 1.54) is 11.1 Å². The second-order valence-corrected chi connectivity index (χ2v) is 6.68. The smallest absolute Gasteiger partial charge is 0.165 e. The van der Waals surface area contributed by atoms with Crippen molar-refractivity contribution in [3.05, 3.63) is 46.5 Å². The van der Waals surface area contributed by atoms with Gasteiger partial charge in [-0.3, -0.25) is 4.90 Å². The predicted molar refractivity (Wildman–Crippen MR) is 99.7 cm³/mol. The molecule has 2 heterocycles. The quantitative estimate of drug-likeness (QED) is 0.838. The summed E-state index contributed by atoms with van der Waals surface area (Å²) in [7, 11) is 2.34. The lowest BCUT2D eigenvalue weighted by molar-refractivity contribution is 0.157. The maximum Gasteiger partial charge on any atom is 0.165 e. The van der Waals surface area contributed by atoms with Crippen molar-refractivity contribution in [2.75, 3.05) is 34.9 Å². The van der Waals surface area contributed by atoms with Gasteiger partial charge in [-0.15, -0.1) is 0 Å². The molecule has 0 aromatic heterocycles. The molecule has 26 heavy (non-hydrogen) atoms. The van der Waals surface area contributed by atoms with Crippen LogP contribution in [0.15, 0.2) is 24.3 Å². The first-order valence-electron chi connectivity index (χ1n) is 10.2. The lowest BCUT2D eigenvalue weighted by Gasteiger charge is -2.42. The number of rotatable bonds is 4. The largest absolute Gasteiger partial charge is 0.493 e. The summed E-state index contributed by atoms with van der Waals surface area (Å²) in [5, 5.41) is 0. The summed E-state index contributed by atoms with van der Waals surface area (Å²) in [4.78, 5) is 2.40. The zero-order valence-corrected chi connectivity index (χ0v) is 15.3. The summed E-state index contributed by atoms with van der Waals surface area (Å²) < 4.78 is 43.9. The van der Waals surface area contributed by atoms with E-state index >= 15 is 0 Å². The van der Waals surface area contributed by atoms with Crippen molar-refractivity contribution in [1.29, 1.82) is 0 Å². The van der Waals surface area contributed by atoms with E-state index in [1.54, 1.807) is 27.4 Å². The Balaban J connectivity index is 1.73. The monoisotopic (exact) mass is 358 g/mol. The first-order valence-corrected chi connectivity index (χ1v) is 8.71. The van der Waals surface area contributed by atoms with E-state index in [1.807, 2.05) is 6.07 Å². The van der Waals surface area contributed by atoms with E-state index in [0.29, 0.717) is 12.3 Å². The van der Waals surface area contributed by atoms with Crippen molar-refractivity contribution in [3.8, 4) is 23.0 Å². The van der Waals surface area contributed by atoms with Crippen molar-refractivity contribution in [2.45, 2.75) is 25.4 Å². The SMILES string of the molecule is [2H]C([2H])([2H])Oc1ccc2c(c1OC)CN1CCc3cc(OC)c(OC)cc3C1C2. The number of hydrogen-bond acceptors (Lipinski definition) is 5. The van der Waals surface area contributed by atoms with Crippen molar-refractivity contribution in [3.63, 3.8) is 0 Å². The Morgan fingerprint density at radius 2 is 1.77 bits per heavy atom. The minimum Gasteiger partial charge on any atom is -0.493 e. The normalized spacial score (nSPS) is 20.6. The number of hydrogen-bond donors (Lipinski definition) is 0. The number of fused-ring (bicyclic) bond motifs is 4. The molecule has 2 aromatic rings. The summed E-state index contributed by atoms with van der Waals surface area (Å²) in [6.45, 7) is 1.58. The topological polar surface area (TPSA) is 40.2 Å². The molecule has 2 aliphatic heterocycles. The van der Waals surface area contributed by atoms with E-state index in [4.69, 9.17) is 23.1 Å². The highest BCUT2D eigenvalue weighted by Gasteiger charge is 2.34. The maximum atomic E-state index is 7.40. The maximum absolute atomic E-state index is 7.40. The number of nitrogens with zero attached hydrogens (tertiary/aromatic N) is 1. The van der Waals surface area contributed by atoms with Crippen LogP contribution >= 0.6 is 0 Å². The van der Waals surface area contributed by atoms with Crippen molar-refractivity contribution in [1.82, 2.24) is 4.90 Å². The lowest BCUT2D eigenvalue weighted by atomic mass is 9.83. The van der Waals surface area contributed by atoms with E-state index in [0.717, 1.165) is 42.0 Å². The minimum absolute atomic E-state index is 0.227. The Morgan fingerprint density at radius 1 is 0.962 bits per heavy atom. The van der Waals surface area contributed by atoms with E-state index in [9.17, 15) is 0 Å². The highest BCUT2D eigenvalue weighted by Crippen LogP contribution is 2.45. The Morgan fingerprint density at radius 3 is 2.50 bits per heavy atom. The average Bonchev–Trinajstić information content (AvgIpc) is 2.70. The highest BCUT2D eigenvalue weighted by molar-refractivity contribution is 5.54. The first-order chi connectivity index (χ1) is 13.8. The molecule has 138 valence electrons. The molecular formula is C21H25NO4. The van der Waals surface area contributed by atoms with Crippen LogP contribution in [0.4, 0.5) is 0 Å². The molecule has 1 unspecified atom stereocenters. The fourth-order valence-corrected chi connectivity index (χ4v) is 4.24. The van der Waals surface area contributed by atoms with Crippen molar-refractivity contribution < 1.29 is 23.1 Å². The van der Waals surface area contributed by atoms with Gasteiger partial charge in [-0.05, 0) is 47.7 Å². The van der Waals surface area contributed by atoms with E-state index < -0.39 is 7.04 Å². The fraction of sp³-hybridized carbons (Fsp3) is 0.429.